The highest BCUT2D eigenvalue weighted by Gasteiger charge is 2.11. The molecule has 1 aromatic carbocycles. The Morgan fingerprint density at radius 3 is 2.74 bits per heavy atom. The van der Waals surface area contributed by atoms with Crippen molar-refractivity contribution in [3.05, 3.63) is 29.8 Å². The van der Waals surface area contributed by atoms with E-state index in [1.807, 2.05) is 6.07 Å². The summed E-state index contributed by atoms with van der Waals surface area (Å²) >= 11 is 0. The van der Waals surface area contributed by atoms with Crippen molar-refractivity contribution in [1.82, 2.24) is 0 Å². The van der Waals surface area contributed by atoms with Crippen molar-refractivity contribution in [3.8, 4) is 0 Å². The minimum atomic E-state index is -0.489. The van der Waals surface area contributed by atoms with Crippen LogP contribution in [0.1, 0.15) is 12.5 Å². The average Bonchev–Trinajstić information content (AvgIpc) is 2.41. The van der Waals surface area contributed by atoms with Gasteiger partial charge in [-0.05, 0) is 31.5 Å². The second-order valence-corrected chi connectivity index (χ2v) is 4.60. The summed E-state index contributed by atoms with van der Waals surface area (Å²) < 4.78 is 10.2. The molecule has 4 heteroatoms. The minimum absolute atomic E-state index is 0.339. The van der Waals surface area contributed by atoms with Gasteiger partial charge in [0.05, 0.1) is 25.9 Å². The Labute approximate surface area is 115 Å². The van der Waals surface area contributed by atoms with Gasteiger partial charge < -0.3 is 19.5 Å². The number of benzene rings is 1. The maximum Gasteiger partial charge on any atom is 0.0948 e. The van der Waals surface area contributed by atoms with Gasteiger partial charge in [-0.2, -0.15) is 0 Å². The van der Waals surface area contributed by atoms with Crippen LogP contribution in [-0.4, -0.2) is 51.2 Å². The molecule has 0 amide bonds. The first kappa shape index (κ1) is 16.0. The molecule has 1 N–H and O–H groups in total. The van der Waals surface area contributed by atoms with Gasteiger partial charge in [0, 0.05) is 25.9 Å². The van der Waals surface area contributed by atoms with E-state index in [2.05, 4.69) is 36.9 Å². The van der Waals surface area contributed by atoms with Crippen LogP contribution < -0.4 is 4.90 Å². The van der Waals surface area contributed by atoms with Crippen LogP contribution in [0.4, 0.5) is 5.69 Å². The van der Waals surface area contributed by atoms with Crippen molar-refractivity contribution in [2.24, 2.45) is 0 Å². The lowest BCUT2D eigenvalue weighted by Crippen LogP contribution is -2.35. The molecule has 108 valence electrons. The topological polar surface area (TPSA) is 41.9 Å². The van der Waals surface area contributed by atoms with Gasteiger partial charge in [-0.25, -0.2) is 0 Å². The molecule has 0 radical (unpaired) electrons. The number of hydrogen-bond donors (Lipinski definition) is 1. The molecule has 4 nitrogen and oxygen atoms in total. The van der Waals surface area contributed by atoms with Crippen LogP contribution in [0.2, 0.25) is 0 Å². The van der Waals surface area contributed by atoms with E-state index in [1.54, 1.807) is 7.11 Å². The smallest absolute Gasteiger partial charge is 0.0948 e. The number of hydrogen-bond acceptors (Lipinski definition) is 4. The predicted octanol–water partition coefficient (Wildman–Crippen LogP) is 1.85. The van der Waals surface area contributed by atoms with Gasteiger partial charge in [0.15, 0.2) is 0 Å². The van der Waals surface area contributed by atoms with Crippen LogP contribution in [-0.2, 0) is 9.47 Å². The third-order valence-corrected chi connectivity index (χ3v) is 2.92. The summed E-state index contributed by atoms with van der Waals surface area (Å²) in [5.41, 5.74) is 2.36. The fourth-order valence-corrected chi connectivity index (χ4v) is 1.91. The summed E-state index contributed by atoms with van der Waals surface area (Å²) in [5.74, 6) is 0. The molecule has 0 bridgehead atoms. The van der Waals surface area contributed by atoms with Crippen molar-refractivity contribution >= 4 is 5.69 Å². The van der Waals surface area contributed by atoms with E-state index < -0.39 is 6.10 Å². The summed E-state index contributed by atoms with van der Waals surface area (Å²) in [5, 5.41) is 9.97. The lowest BCUT2D eigenvalue weighted by Gasteiger charge is -2.26. The zero-order chi connectivity index (χ0) is 14.1. The van der Waals surface area contributed by atoms with Crippen molar-refractivity contribution in [3.63, 3.8) is 0 Å². The Morgan fingerprint density at radius 2 is 2.11 bits per heavy atom. The fraction of sp³-hybridized carbons (Fsp3) is 0.600. The van der Waals surface area contributed by atoms with E-state index in [9.17, 15) is 5.11 Å². The maximum absolute atomic E-state index is 9.97. The van der Waals surface area contributed by atoms with Crippen LogP contribution in [0.5, 0.6) is 0 Å². The molecule has 0 aliphatic rings. The molecule has 0 spiro atoms. The lowest BCUT2D eigenvalue weighted by atomic mass is 10.2. The third kappa shape index (κ3) is 6.05. The van der Waals surface area contributed by atoms with Crippen LogP contribution in [0.25, 0.3) is 0 Å². The molecule has 0 saturated heterocycles. The molecule has 0 aromatic heterocycles. The minimum Gasteiger partial charge on any atom is -0.389 e. The monoisotopic (exact) mass is 267 g/mol. The highest BCUT2D eigenvalue weighted by molar-refractivity contribution is 5.48. The number of likely N-dealkylation sites (N-methyl/N-ethyl adjacent to an activating group) is 1. The molecule has 1 rings (SSSR count). The summed E-state index contributed by atoms with van der Waals surface area (Å²) in [6, 6.07) is 8.30. The normalized spacial score (nSPS) is 12.4. The van der Waals surface area contributed by atoms with Gasteiger partial charge in [-0.15, -0.1) is 0 Å². The van der Waals surface area contributed by atoms with E-state index in [4.69, 9.17) is 9.47 Å². The Bertz CT molecular complexity index is 357. The SMILES string of the molecule is CCN(CC(O)COCCOC)c1cccc(C)c1. The molecular weight excluding hydrogens is 242 g/mol. The highest BCUT2D eigenvalue weighted by atomic mass is 16.5. The zero-order valence-electron chi connectivity index (χ0n) is 12.1. The number of rotatable bonds is 9. The molecule has 19 heavy (non-hydrogen) atoms. The fourth-order valence-electron chi connectivity index (χ4n) is 1.91. The summed E-state index contributed by atoms with van der Waals surface area (Å²) in [6.07, 6.45) is -0.489. The van der Waals surface area contributed by atoms with Crippen molar-refractivity contribution < 1.29 is 14.6 Å². The predicted molar refractivity (Wildman–Crippen MR) is 77.8 cm³/mol. The Morgan fingerprint density at radius 1 is 1.32 bits per heavy atom. The second kappa shape index (κ2) is 8.91. The average molecular weight is 267 g/mol. The maximum atomic E-state index is 9.97. The number of aliphatic hydroxyl groups is 1. The van der Waals surface area contributed by atoms with Crippen LogP contribution in [0.3, 0.4) is 0 Å². The molecule has 1 unspecified atom stereocenters. The molecule has 0 fully saturated rings. The standard InChI is InChI=1S/C15H25NO3/c1-4-16(14-7-5-6-13(2)10-14)11-15(17)12-19-9-8-18-3/h5-7,10,15,17H,4,8-9,11-12H2,1-3H3. The van der Waals surface area contributed by atoms with Crippen molar-refractivity contribution in [2.75, 3.05) is 44.9 Å². The molecule has 0 heterocycles. The van der Waals surface area contributed by atoms with Crippen LogP contribution in [0, 0.1) is 6.92 Å². The number of methoxy groups -OCH3 is 1. The first-order chi connectivity index (χ1) is 9.17. The number of ether oxygens (including phenoxy) is 2. The second-order valence-electron chi connectivity index (χ2n) is 4.60. The Kier molecular flexibility index (Phi) is 7.48. The Balaban J connectivity index is 2.43. The Hall–Kier alpha value is -1.10. The van der Waals surface area contributed by atoms with Gasteiger partial charge >= 0.3 is 0 Å². The molecular formula is C15H25NO3. The van der Waals surface area contributed by atoms with E-state index in [0.717, 1.165) is 12.2 Å². The first-order valence-corrected chi connectivity index (χ1v) is 6.73. The molecule has 0 aliphatic carbocycles. The van der Waals surface area contributed by atoms with Gasteiger partial charge in [0.1, 0.15) is 0 Å². The number of aliphatic hydroxyl groups excluding tert-OH is 1. The summed E-state index contributed by atoms with van der Waals surface area (Å²) in [7, 11) is 1.64. The zero-order valence-corrected chi connectivity index (χ0v) is 12.1. The molecule has 0 saturated carbocycles. The van der Waals surface area contributed by atoms with Gasteiger partial charge in [0.25, 0.3) is 0 Å². The molecule has 1 aromatic rings. The van der Waals surface area contributed by atoms with Crippen molar-refractivity contribution in [1.29, 1.82) is 0 Å². The number of anilines is 1. The first-order valence-electron chi connectivity index (χ1n) is 6.73. The van der Waals surface area contributed by atoms with Crippen molar-refractivity contribution in [2.45, 2.75) is 20.0 Å². The third-order valence-electron chi connectivity index (χ3n) is 2.92. The van der Waals surface area contributed by atoms with Gasteiger partial charge in [-0.1, -0.05) is 12.1 Å². The molecule has 1 atom stereocenters. The van der Waals surface area contributed by atoms with Gasteiger partial charge in [0.2, 0.25) is 0 Å². The van der Waals surface area contributed by atoms with Crippen LogP contribution in [0.15, 0.2) is 24.3 Å². The summed E-state index contributed by atoms with van der Waals surface area (Å²) in [6.45, 7) is 7.01. The quantitative estimate of drug-likeness (QED) is 0.693. The highest BCUT2D eigenvalue weighted by Crippen LogP contribution is 2.15. The van der Waals surface area contributed by atoms with E-state index in [-0.39, 0.29) is 0 Å². The lowest BCUT2D eigenvalue weighted by molar-refractivity contribution is 0.0162. The largest absolute Gasteiger partial charge is 0.389 e. The van der Waals surface area contributed by atoms with E-state index in [0.29, 0.717) is 26.4 Å². The van der Waals surface area contributed by atoms with E-state index >= 15 is 0 Å². The van der Waals surface area contributed by atoms with Crippen LogP contribution >= 0.6 is 0 Å². The number of nitrogens with zero attached hydrogens (tertiary/aromatic N) is 1. The van der Waals surface area contributed by atoms with E-state index in [1.165, 1.54) is 5.56 Å². The number of aryl methyl sites for hydroxylation is 1. The summed E-state index contributed by atoms with van der Waals surface area (Å²) in [4.78, 5) is 2.15. The molecule has 0 aliphatic heterocycles. The van der Waals surface area contributed by atoms with Gasteiger partial charge in [-0.3, -0.25) is 0 Å².